The number of carbonyl (C=O) groups excluding carboxylic acids is 2. The Morgan fingerprint density at radius 3 is 2.30 bits per heavy atom. The maximum Gasteiger partial charge on any atom is 0.271 e. The molecule has 1 atom stereocenters. The Bertz CT molecular complexity index is 1170. The van der Waals surface area contributed by atoms with E-state index in [1.807, 2.05) is 30.4 Å². The van der Waals surface area contributed by atoms with Gasteiger partial charge in [0.1, 0.15) is 0 Å². The number of benzene rings is 2. The molecular weight excluding hydrogens is 354 g/mol. The van der Waals surface area contributed by atoms with Crippen molar-refractivity contribution in [1.82, 2.24) is 4.31 Å². The van der Waals surface area contributed by atoms with Crippen LogP contribution in [0.4, 0.5) is 0 Å². The molecular formula is C23H15NO2S. The van der Waals surface area contributed by atoms with E-state index in [4.69, 9.17) is 0 Å². The lowest BCUT2D eigenvalue weighted by atomic mass is 9.95. The zero-order chi connectivity index (χ0) is 18.4. The summed E-state index contributed by atoms with van der Waals surface area (Å²) in [4.78, 5) is 25.5. The summed E-state index contributed by atoms with van der Waals surface area (Å²) in [6, 6.07) is 15.2. The summed E-state index contributed by atoms with van der Waals surface area (Å²) in [7, 11) is 0. The van der Waals surface area contributed by atoms with Gasteiger partial charge in [-0.15, -0.1) is 0 Å². The Balaban J connectivity index is 1.60. The largest absolute Gasteiger partial charge is 0.271 e. The van der Waals surface area contributed by atoms with Gasteiger partial charge < -0.3 is 0 Å². The lowest BCUT2D eigenvalue weighted by Crippen LogP contribution is -2.32. The van der Waals surface area contributed by atoms with Gasteiger partial charge in [0.05, 0.1) is 16.4 Å². The molecule has 0 N–H and O–H groups in total. The predicted octanol–water partition coefficient (Wildman–Crippen LogP) is 3.00. The molecule has 3 aliphatic rings. The van der Waals surface area contributed by atoms with Crippen molar-refractivity contribution in [2.75, 3.05) is 0 Å². The fraction of sp³-hybridized carbons (Fsp3) is 0.0435. The molecule has 0 spiro atoms. The van der Waals surface area contributed by atoms with Crippen LogP contribution in [0.3, 0.4) is 0 Å². The van der Waals surface area contributed by atoms with Gasteiger partial charge >= 0.3 is 0 Å². The van der Waals surface area contributed by atoms with Crippen molar-refractivity contribution in [3.05, 3.63) is 106 Å². The lowest BCUT2D eigenvalue weighted by molar-refractivity contribution is 0.0777. The van der Waals surface area contributed by atoms with Gasteiger partial charge in [-0.3, -0.25) is 9.59 Å². The summed E-state index contributed by atoms with van der Waals surface area (Å²) in [6.07, 6.45) is 12.3. The van der Waals surface area contributed by atoms with Gasteiger partial charge in [-0.25, -0.2) is 4.31 Å². The fourth-order valence-corrected chi connectivity index (χ4v) is 4.82. The summed E-state index contributed by atoms with van der Waals surface area (Å²) in [5.41, 5.74) is 3.18. The molecule has 130 valence electrons. The first-order chi connectivity index (χ1) is 13.2. The first-order valence-electron chi connectivity index (χ1n) is 8.75. The molecule has 27 heavy (non-hydrogen) atoms. The van der Waals surface area contributed by atoms with E-state index in [-0.39, 0.29) is 17.1 Å². The number of imide groups is 1. The van der Waals surface area contributed by atoms with Crippen LogP contribution in [0.1, 0.15) is 20.7 Å². The van der Waals surface area contributed by atoms with Crippen LogP contribution in [0.25, 0.3) is 11.6 Å². The molecule has 0 aromatic heterocycles. The molecule has 2 aromatic rings. The quantitative estimate of drug-likeness (QED) is 0.603. The Labute approximate surface area is 160 Å². The molecule has 1 heterocycles. The molecule has 2 aliphatic carbocycles. The number of allylic oxidation sites excluding steroid dienone is 5. The van der Waals surface area contributed by atoms with Gasteiger partial charge in [-0.1, -0.05) is 72.9 Å². The van der Waals surface area contributed by atoms with Crippen molar-refractivity contribution in [2.45, 2.75) is 5.25 Å². The predicted molar refractivity (Wildman–Crippen MR) is 108 cm³/mol. The minimum atomic E-state index is -0.241. The molecule has 2 amide bonds. The van der Waals surface area contributed by atoms with E-state index in [9.17, 15) is 9.59 Å². The molecule has 5 rings (SSSR count). The van der Waals surface area contributed by atoms with Gasteiger partial charge in [0.25, 0.3) is 11.8 Å². The normalized spacial score (nSPS) is 19.9. The van der Waals surface area contributed by atoms with Crippen LogP contribution in [-0.2, 0) is 0 Å². The summed E-state index contributed by atoms with van der Waals surface area (Å²) < 4.78 is 1.30. The molecule has 0 radical (unpaired) electrons. The minimum absolute atomic E-state index is 0.121. The van der Waals surface area contributed by atoms with Crippen molar-refractivity contribution < 1.29 is 9.59 Å². The van der Waals surface area contributed by atoms with Crippen LogP contribution in [0.5, 0.6) is 0 Å². The number of amides is 2. The van der Waals surface area contributed by atoms with E-state index in [1.165, 1.54) is 16.3 Å². The highest BCUT2D eigenvalue weighted by atomic mass is 32.2. The van der Waals surface area contributed by atoms with Crippen molar-refractivity contribution in [2.24, 2.45) is 0 Å². The number of carbonyl (C=O) groups is 2. The molecule has 0 fully saturated rings. The topological polar surface area (TPSA) is 37.4 Å². The van der Waals surface area contributed by atoms with Crippen LogP contribution in [0.2, 0.25) is 0 Å². The van der Waals surface area contributed by atoms with Crippen molar-refractivity contribution >= 4 is 35.4 Å². The van der Waals surface area contributed by atoms with Gasteiger partial charge in [0, 0.05) is 0 Å². The van der Waals surface area contributed by atoms with Crippen molar-refractivity contribution in [3.63, 3.8) is 0 Å². The van der Waals surface area contributed by atoms with Crippen LogP contribution in [0.15, 0.2) is 84.5 Å². The minimum Gasteiger partial charge on any atom is -0.268 e. The Kier molecular flexibility index (Phi) is 3.73. The lowest BCUT2D eigenvalue weighted by Gasteiger charge is -2.24. The fourth-order valence-electron chi connectivity index (χ4n) is 3.67. The molecule has 2 aromatic carbocycles. The van der Waals surface area contributed by atoms with E-state index in [1.54, 1.807) is 24.3 Å². The van der Waals surface area contributed by atoms with E-state index < -0.39 is 0 Å². The van der Waals surface area contributed by atoms with Crippen molar-refractivity contribution in [1.29, 1.82) is 0 Å². The zero-order valence-corrected chi connectivity index (χ0v) is 15.1. The van der Waals surface area contributed by atoms with E-state index in [2.05, 4.69) is 30.4 Å². The van der Waals surface area contributed by atoms with Gasteiger partial charge in [0.2, 0.25) is 0 Å². The van der Waals surface area contributed by atoms with Gasteiger partial charge in [-0.05, 0) is 45.7 Å². The Hall–Kier alpha value is -3.11. The summed E-state index contributed by atoms with van der Waals surface area (Å²) >= 11 is 1.28. The van der Waals surface area contributed by atoms with Crippen LogP contribution in [0, 0.1) is 0 Å². The average molecular weight is 369 g/mol. The van der Waals surface area contributed by atoms with Gasteiger partial charge in [0.15, 0.2) is 0 Å². The van der Waals surface area contributed by atoms with Crippen LogP contribution in [-0.4, -0.2) is 21.4 Å². The second kappa shape index (κ2) is 6.25. The third-order valence-electron chi connectivity index (χ3n) is 4.94. The maximum atomic E-state index is 12.8. The van der Waals surface area contributed by atoms with E-state index in [0.717, 1.165) is 21.6 Å². The van der Waals surface area contributed by atoms with Gasteiger partial charge in [-0.2, -0.15) is 0 Å². The Morgan fingerprint density at radius 2 is 1.52 bits per heavy atom. The third kappa shape index (κ3) is 2.53. The summed E-state index contributed by atoms with van der Waals surface area (Å²) in [5.74, 6) is -0.482. The number of hydrogen-bond donors (Lipinski definition) is 0. The number of fused-ring (bicyclic) bond motifs is 3. The molecule has 0 bridgehead atoms. The van der Waals surface area contributed by atoms with E-state index >= 15 is 0 Å². The average Bonchev–Trinajstić information content (AvgIpc) is 2.85. The van der Waals surface area contributed by atoms with Crippen LogP contribution < -0.4 is 10.4 Å². The second-order valence-electron chi connectivity index (χ2n) is 6.51. The third-order valence-corrected chi connectivity index (χ3v) is 6.10. The summed E-state index contributed by atoms with van der Waals surface area (Å²) in [6.45, 7) is 0. The second-order valence-corrected chi connectivity index (χ2v) is 7.59. The molecule has 3 nitrogen and oxygen atoms in total. The highest BCUT2D eigenvalue weighted by molar-refractivity contribution is 7.99. The smallest absolute Gasteiger partial charge is 0.268 e. The molecule has 4 heteroatoms. The first-order valence-corrected chi connectivity index (χ1v) is 9.59. The highest BCUT2D eigenvalue weighted by Crippen LogP contribution is 2.37. The molecule has 1 unspecified atom stereocenters. The molecule has 0 saturated carbocycles. The standard InChI is InChI=1S/C23H15NO2S/c25-22-18-12-3-4-13-19(18)23(26)24(22)27-20-14-6-10-16-9-5-8-15-7-1-2-11-17(15)21(16)20/h1-14,20H. The monoisotopic (exact) mass is 369 g/mol. The maximum absolute atomic E-state index is 12.8. The Morgan fingerprint density at radius 1 is 0.815 bits per heavy atom. The number of nitrogens with zero attached hydrogens (tertiary/aromatic N) is 1. The number of rotatable bonds is 2. The number of hydrogen-bond acceptors (Lipinski definition) is 3. The van der Waals surface area contributed by atoms with E-state index in [0.29, 0.717) is 11.1 Å². The zero-order valence-electron chi connectivity index (χ0n) is 14.3. The molecule has 1 aliphatic heterocycles. The first kappa shape index (κ1) is 16.1. The highest BCUT2D eigenvalue weighted by Gasteiger charge is 2.38. The SMILES string of the molecule is O=C1c2ccccc2C(=O)N1SC1C=CC=C2C=CC=c3ccccc3=C21. The van der Waals surface area contributed by atoms with Crippen LogP contribution >= 0.6 is 11.9 Å². The van der Waals surface area contributed by atoms with Crippen molar-refractivity contribution in [3.8, 4) is 0 Å². The molecule has 0 saturated heterocycles. The summed E-state index contributed by atoms with van der Waals surface area (Å²) in [5, 5.41) is 2.15.